The number of hydrogen-bond acceptors (Lipinski definition) is 14. The van der Waals surface area contributed by atoms with Crippen molar-refractivity contribution in [2.24, 2.45) is 11.8 Å². The van der Waals surface area contributed by atoms with E-state index in [1.165, 1.54) is 24.3 Å². The normalized spacial score (nSPS) is 25.7. The number of ketones is 2. The van der Waals surface area contributed by atoms with Crippen LogP contribution in [0.3, 0.4) is 0 Å². The van der Waals surface area contributed by atoms with Crippen LogP contribution in [0.15, 0.2) is 35.4 Å². The summed E-state index contributed by atoms with van der Waals surface area (Å²) in [5.74, 6) is -8.62. The molecule has 2 aromatic carbocycles. The number of aliphatic hydroxyl groups excluding tert-OH is 4. The maximum atomic E-state index is 13.9. The van der Waals surface area contributed by atoms with Crippen molar-refractivity contribution in [3.8, 4) is 34.1 Å². The number of hydrogen-bond donors (Lipinski definition) is 6. The van der Waals surface area contributed by atoms with E-state index in [1.54, 1.807) is 13.8 Å². The van der Waals surface area contributed by atoms with E-state index in [9.17, 15) is 49.8 Å². The van der Waals surface area contributed by atoms with Crippen LogP contribution in [0.1, 0.15) is 129 Å². The number of carbonyl (C=O) groups excluding carboxylic acids is 4. The summed E-state index contributed by atoms with van der Waals surface area (Å²) in [5.41, 5.74) is -7.10. The molecule has 0 spiro atoms. The number of aromatic hydroxyl groups is 2. The van der Waals surface area contributed by atoms with Crippen LogP contribution in [0.2, 0.25) is 0 Å². The quantitative estimate of drug-likeness (QED) is 0.0679. The Balaban J connectivity index is 1.35. The Labute approximate surface area is 349 Å². The summed E-state index contributed by atoms with van der Waals surface area (Å²) in [7, 11) is 0. The van der Waals surface area contributed by atoms with Crippen LogP contribution in [0.5, 0.6) is 23.0 Å². The molecule has 2 aliphatic carbocycles. The van der Waals surface area contributed by atoms with Gasteiger partial charge in [0.05, 0.1) is 24.4 Å². The molecule has 2 fully saturated rings. The highest BCUT2D eigenvalue weighted by Gasteiger charge is 2.64. The highest BCUT2D eigenvalue weighted by Crippen LogP contribution is 2.56. The van der Waals surface area contributed by atoms with E-state index in [0.717, 1.165) is 64.2 Å². The maximum absolute atomic E-state index is 13.9. The summed E-state index contributed by atoms with van der Waals surface area (Å²) in [6.45, 7) is 7.33. The lowest BCUT2D eigenvalue weighted by molar-refractivity contribution is -0.176. The van der Waals surface area contributed by atoms with Gasteiger partial charge in [-0.15, -0.1) is 0 Å². The van der Waals surface area contributed by atoms with E-state index in [0.29, 0.717) is 12.8 Å². The summed E-state index contributed by atoms with van der Waals surface area (Å²) in [5, 5.41) is 70.0. The number of Topliss-reactive ketones (excluding diaryl/α,β-unsaturated/α-hetero) is 2. The molecule has 0 amide bonds. The number of carbonyl (C=O) groups is 4. The topological polar surface area (TPSA) is 227 Å². The molecular weight excluding hydrogens is 776 g/mol. The first kappa shape index (κ1) is 44.5. The van der Waals surface area contributed by atoms with Crippen LogP contribution in [0.4, 0.5) is 0 Å². The van der Waals surface area contributed by atoms with E-state index < -0.39 is 104 Å². The van der Waals surface area contributed by atoms with Crippen molar-refractivity contribution >= 4 is 35.0 Å². The summed E-state index contributed by atoms with van der Waals surface area (Å²) in [4.78, 5) is 55.0. The smallest absolute Gasteiger partial charge is 0.358 e. The third-order valence-electron chi connectivity index (χ3n) is 12.4. The van der Waals surface area contributed by atoms with Gasteiger partial charge in [0.25, 0.3) is 11.2 Å². The molecule has 6 atom stereocenters. The number of phenols is 2. The molecular formula is C46H58O14. The van der Waals surface area contributed by atoms with Crippen LogP contribution in [0, 0.1) is 11.8 Å². The number of rotatable bonds is 17. The van der Waals surface area contributed by atoms with Crippen LogP contribution >= 0.6 is 0 Å². The first-order chi connectivity index (χ1) is 28.7. The van der Waals surface area contributed by atoms with Crippen molar-refractivity contribution < 1.29 is 68.8 Å². The van der Waals surface area contributed by atoms with Gasteiger partial charge in [0, 0.05) is 24.0 Å². The minimum atomic E-state index is -2.43. The van der Waals surface area contributed by atoms with Crippen molar-refractivity contribution in [1.82, 2.24) is 0 Å². The van der Waals surface area contributed by atoms with E-state index in [4.69, 9.17) is 18.9 Å². The zero-order chi connectivity index (χ0) is 43.5. The predicted octanol–water partition coefficient (Wildman–Crippen LogP) is 7.31. The molecule has 0 saturated heterocycles. The Morgan fingerprint density at radius 3 is 1.32 bits per heavy atom. The third kappa shape index (κ3) is 7.61. The Hall–Kier alpha value is -5.08. The van der Waals surface area contributed by atoms with E-state index in [2.05, 4.69) is 13.8 Å². The lowest BCUT2D eigenvalue weighted by Gasteiger charge is -2.45. The second kappa shape index (κ2) is 18.3. The molecule has 0 unspecified atom stereocenters. The molecule has 6 N–H and O–H groups in total. The van der Waals surface area contributed by atoms with Crippen LogP contribution in [-0.2, 0) is 28.7 Å². The van der Waals surface area contributed by atoms with Gasteiger partial charge < -0.3 is 49.6 Å². The number of fused-ring (bicyclic) bond motifs is 4. The molecule has 6 rings (SSSR count). The summed E-state index contributed by atoms with van der Waals surface area (Å²) in [6, 6.07) is 5.13. The number of aliphatic hydroxyl groups is 4. The molecule has 2 heterocycles. The van der Waals surface area contributed by atoms with Crippen molar-refractivity contribution in [2.75, 3.05) is 13.2 Å². The lowest BCUT2D eigenvalue weighted by Crippen LogP contribution is -2.64. The van der Waals surface area contributed by atoms with Gasteiger partial charge in [-0.05, 0) is 48.9 Å². The zero-order valence-corrected chi connectivity index (χ0v) is 34.9. The van der Waals surface area contributed by atoms with Crippen molar-refractivity contribution in [2.45, 2.75) is 141 Å². The van der Waals surface area contributed by atoms with E-state index >= 15 is 0 Å². The van der Waals surface area contributed by atoms with Crippen LogP contribution in [0.25, 0.3) is 22.6 Å². The average Bonchev–Trinajstić information content (AvgIpc) is 3.21. The molecule has 326 valence electrons. The lowest BCUT2D eigenvalue weighted by atomic mass is 9.69. The Morgan fingerprint density at radius 2 is 0.950 bits per heavy atom. The van der Waals surface area contributed by atoms with Gasteiger partial charge in [0.2, 0.25) is 0 Å². The van der Waals surface area contributed by atoms with Gasteiger partial charge in [-0.3, -0.25) is 9.59 Å². The fourth-order valence-corrected chi connectivity index (χ4v) is 9.00. The Kier molecular flexibility index (Phi) is 13.5. The van der Waals surface area contributed by atoms with Crippen molar-refractivity contribution in [3.05, 3.63) is 46.5 Å². The number of phenolic OH excluding ortho intramolecular Hbond substituents is 2. The fourth-order valence-electron chi connectivity index (χ4n) is 9.00. The van der Waals surface area contributed by atoms with Gasteiger partial charge in [-0.25, -0.2) is 9.59 Å². The summed E-state index contributed by atoms with van der Waals surface area (Å²) < 4.78 is 23.5. The van der Waals surface area contributed by atoms with Gasteiger partial charge >= 0.3 is 11.9 Å². The first-order valence-electron chi connectivity index (χ1n) is 21.4. The number of benzene rings is 2. The molecule has 14 heteroatoms. The SMILES string of the molecule is CCCCCCCCOC(=O)[C@@]12Oc3ccc(-c4ccc5c(c4O)C(O)=C4C(=O)C[C@@H](C)[C@H](O)[C@]4(C(=O)OCCCCCCCC)O5)c(O)c3C(O)=C1C(=O)C[C@@H](C)[C@@H]2O. The van der Waals surface area contributed by atoms with Gasteiger partial charge in [-0.1, -0.05) is 91.9 Å². The number of unbranched alkanes of at least 4 members (excludes halogenated alkanes) is 10. The Bertz CT molecular complexity index is 1920. The Morgan fingerprint density at radius 1 is 0.600 bits per heavy atom. The molecule has 2 aliphatic heterocycles. The van der Waals surface area contributed by atoms with Crippen molar-refractivity contribution in [3.63, 3.8) is 0 Å². The van der Waals surface area contributed by atoms with Gasteiger partial charge in [-0.2, -0.15) is 0 Å². The molecule has 4 aliphatic rings. The highest BCUT2D eigenvalue weighted by molar-refractivity contribution is 6.14. The minimum Gasteiger partial charge on any atom is -0.506 e. The molecule has 60 heavy (non-hydrogen) atoms. The highest BCUT2D eigenvalue weighted by atomic mass is 16.6. The molecule has 0 radical (unpaired) electrons. The van der Waals surface area contributed by atoms with Crippen LogP contribution in [-0.4, -0.2) is 90.8 Å². The zero-order valence-electron chi connectivity index (χ0n) is 34.9. The minimum absolute atomic E-state index is 0.00808. The number of ether oxygens (including phenoxy) is 4. The van der Waals surface area contributed by atoms with Gasteiger partial charge in [0.1, 0.15) is 57.9 Å². The van der Waals surface area contributed by atoms with Crippen LogP contribution < -0.4 is 9.47 Å². The van der Waals surface area contributed by atoms with E-state index in [-0.39, 0.29) is 48.7 Å². The fraction of sp³-hybridized carbons (Fsp3) is 0.565. The first-order valence-corrected chi connectivity index (χ1v) is 21.4. The van der Waals surface area contributed by atoms with E-state index in [1.807, 2.05) is 0 Å². The molecule has 14 nitrogen and oxygen atoms in total. The number of esters is 2. The monoisotopic (exact) mass is 834 g/mol. The largest absolute Gasteiger partial charge is 0.506 e. The van der Waals surface area contributed by atoms with Gasteiger partial charge in [0.15, 0.2) is 11.6 Å². The summed E-state index contributed by atoms with van der Waals surface area (Å²) >= 11 is 0. The standard InChI is InChI=1S/C46H58O14/c1-5-7-9-11-13-15-21-57-43(55)45-35(29(47)23-25(3)41(45)53)39(51)33-31(59-45)19-17-27(37(33)49)28-18-20-32-34(38(28)50)40(52)36-30(48)24-26(4)42(54)46(36,60-32)44(56)58-22-16-14-12-10-8-6-2/h17-20,25-26,41-42,49-54H,5-16,21-24H2,1-4H3/t25-,26-,41+,42+,45-,46-/m1/s1. The second-order valence-corrected chi connectivity index (χ2v) is 16.7. The summed E-state index contributed by atoms with van der Waals surface area (Å²) in [6.07, 6.45) is 7.29. The van der Waals surface area contributed by atoms with Crippen molar-refractivity contribution in [1.29, 1.82) is 0 Å². The molecule has 0 aromatic heterocycles. The predicted molar refractivity (Wildman–Crippen MR) is 219 cm³/mol. The molecule has 2 saturated carbocycles. The molecule has 2 aromatic rings. The average molecular weight is 835 g/mol. The third-order valence-corrected chi connectivity index (χ3v) is 12.4. The maximum Gasteiger partial charge on any atom is 0.358 e. The second-order valence-electron chi connectivity index (χ2n) is 16.7. The molecule has 0 bridgehead atoms.